The first-order valence-corrected chi connectivity index (χ1v) is 8.51. The Morgan fingerprint density at radius 1 is 1.00 bits per heavy atom. The number of benzene rings is 1. The number of hydrogen-bond acceptors (Lipinski definition) is 3. The molecule has 1 aliphatic rings. The molecule has 2 heterocycles. The number of nitrogens with zero attached hydrogens (tertiary/aromatic N) is 2. The molecule has 1 aliphatic carbocycles. The van der Waals surface area contributed by atoms with Gasteiger partial charge >= 0.3 is 6.03 Å². The third kappa shape index (κ3) is 2.89. The summed E-state index contributed by atoms with van der Waals surface area (Å²) in [7, 11) is 0. The Kier molecular flexibility index (Phi) is 3.99. The van der Waals surface area contributed by atoms with Gasteiger partial charge in [-0.3, -0.25) is 9.97 Å². The van der Waals surface area contributed by atoms with E-state index < -0.39 is 0 Å². The molecule has 5 nitrogen and oxygen atoms in total. The molecule has 0 spiro atoms. The van der Waals surface area contributed by atoms with Crippen molar-refractivity contribution in [2.75, 3.05) is 5.32 Å². The highest BCUT2D eigenvalue weighted by atomic mass is 16.2. The Bertz CT molecular complexity index is 887. The van der Waals surface area contributed by atoms with Crippen LogP contribution in [0, 0.1) is 0 Å². The normalized spacial score (nSPS) is 15.5. The molecule has 0 saturated heterocycles. The van der Waals surface area contributed by atoms with Crippen LogP contribution in [0.4, 0.5) is 10.5 Å². The number of amides is 2. The van der Waals surface area contributed by atoms with E-state index in [0.717, 1.165) is 34.6 Å². The zero-order valence-corrected chi connectivity index (χ0v) is 13.5. The van der Waals surface area contributed by atoms with Gasteiger partial charge in [0, 0.05) is 29.2 Å². The number of fused-ring (bicyclic) bond motifs is 3. The van der Waals surface area contributed by atoms with Crippen LogP contribution in [-0.2, 0) is 0 Å². The molecule has 0 aliphatic heterocycles. The van der Waals surface area contributed by atoms with Crippen molar-refractivity contribution in [2.24, 2.45) is 0 Å². The van der Waals surface area contributed by atoms with Crippen LogP contribution in [0.15, 0.2) is 42.7 Å². The summed E-state index contributed by atoms with van der Waals surface area (Å²) < 4.78 is 0. The van der Waals surface area contributed by atoms with E-state index in [1.807, 2.05) is 30.3 Å². The van der Waals surface area contributed by atoms with Crippen molar-refractivity contribution < 1.29 is 4.79 Å². The topological polar surface area (TPSA) is 66.9 Å². The summed E-state index contributed by atoms with van der Waals surface area (Å²) in [6.45, 7) is 0. The molecule has 24 heavy (non-hydrogen) atoms. The Labute approximate surface area is 140 Å². The van der Waals surface area contributed by atoms with E-state index in [0.29, 0.717) is 5.69 Å². The minimum absolute atomic E-state index is 0.163. The second kappa shape index (κ2) is 6.43. The fourth-order valence-electron chi connectivity index (χ4n) is 3.49. The lowest BCUT2D eigenvalue weighted by molar-refractivity contribution is 0.244. The van der Waals surface area contributed by atoms with Gasteiger partial charge in [0.1, 0.15) is 0 Å². The van der Waals surface area contributed by atoms with E-state index in [9.17, 15) is 4.79 Å². The Balaban J connectivity index is 1.66. The van der Waals surface area contributed by atoms with Gasteiger partial charge in [0.25, 0.3) is 0 Å². The number of carbonyl (C=O) groups excluding carboxylic acids is 1. The van der Waals surface area contributed by atoms with Crippen molar-refractivity contribution in [3.63, 3.8) is 0 Å². The monoisotopic (exact) mass is 320 g/mol. The zero-order valence-electron chi connectivity index (χ0n) is 13.5. The molecule has 1 fully saturated rings. The smallest absolute Gasteiger partial charge is 0.319 e. The number of pyridine rings is 2. The summed E-state index contributed by atoms with van der Waals surface area (Å²) in [4.78, 5) is 21.3. The molecule has 3 aromatic rings. The number of anilines is 1. The van der Waals surface area contributed by atoms with E-state index in [2.05, 4.69) is 20.6 Å². The molecule has 2 N–H and O–H groups in total. The standard InChI is InChI=1S/C19H20N4O/c24-19(22-13-6-2-1-3-7-13)23-17-12-16-14(8-4-10-20-16)15-9-5-11-21-18(15)17/h4-5,8-13H,1-3,6-7H2,(H2,22,23,24). The third-order valence-corrected chi connectivity index (χ3v) is 4.66. The second-order valence-corrected chi connectivity index (χ2v) is 6.33. The molecule has 5 heteroatoms. The summed E-state index contributed by atoms with van der Waals surface area (Å²) in [6, 6.07) is 9.86. The van der Waals surface area contributed by atoms with Gasteiger partial charge in [-0.15, -0.1) is 0 Å². The number of rotatable bonds is 2. The van der Waals surface area contributed by atoms with E-state index in [1.54, 1.807) is 12.4 Å². The molecule has 2 aromatic heterocycles. The summed E-state index contributed by atoms with van der Waals surface area (Å²) >= 11 is 0. The van der Waals surface area contributed by atoms with Crippen molar-refractivity contribution in [1.29, 1.82) is 0 Å². The number of nitrogens with one attached hydrogen (secondary N) is 2. The lowest BCUT2D eigenvalue weighted by Crippen LogP contribution is -2.39. The maximum Gasteiger partial charge on any atom is 0.319 e. The van der Waals surface area contributed by atoms with E-state index in [-0.39, 0.29) is 12.1 Å². The van der Waals surface area contributed by atoms with Crippen molar-refractivity contribution in [3.05, 3.63) is 42.7 Å². The highest BCUT2D eigenvalue weighted by molar-refractivity contribution is 6.12. The highest BCUT2D eigenvalue weighted by Crippen LogP contribution is 2.29. The third-order valence-electron chi connectivity index (χ3n) is 4.66. The first kappa shape index (κ1) is 14.9. The van der Waals surface area contributed by atoms with Gasteiger partial charge in [-0.1, -0.05) is 31.4 Å². The van der Waals surface area contributed by atoms with E-state index >= 15 is 0 Å². The largest absolute Gasteiger partial charge is 0.335 e. The van der Waals surface area contributed by atoms with E-state index in [4.69, 9.17) is 0 Å². The second-order valence-electron chi connectivity index (χ2n) is 6.33. The van der Waals surface area contributed by atoms with Gasteiger partial charge in [0.05, 0.1) is 16.7 Å². The summed E-state index contributed by atoms with van der Waals surface area (Å²) in [6.07, 6.45) is 9.28. The predicted octanol–water partition coefficient (Wildman–Crippen LogP) is 4.24. The minimum atomic E-state index is -0.163. The number of urea groups is 1. The van der Waals surface area contributed by atoms with E-state index in [1.165, 1.54) is 19.3 Å². The van der Waals surface area contributed by atoms with Gasteiger partial charge in [0.2, 0.25) is 0 Å². The van der Waals surface area contributed by atoms with Crippen LogP contribution in [0.1, 0.15) is 32.1 Å². The van der Waals surface area contributed by atoms with Gasteiger partial charge in [-0.25, -0.2) is 4.79 Å². The van der Waals surface area contributed by atoms with Crippen LogP contribution in [0.25, 0.3) is 21.8 Å². The van der Waals surface area contributed by atoms with Crippen molar-refractivity contribution in [1.82, 2.24) is 15.3 Å². The molecule has 122 valence electrons. The molecule has 0 bridgehead atoms. The number of carbonyl (C=O) groups is 1. The molecule has 2 amide bonds. The predicted molar refractivity (Wildman–Crippen MR) is 96.1 cm³/mol. The van der Waals surface area contributed by atoms with Gasteiger partial charge in [-0.05, 0) is 31.0 Å². The molecule has 4 rings (SSSR count). The fourth-order valence-corrected chi connectivity index (χ4v) is 3.49. The molecule has 0 radical (unpaired) electrons. The zero-order chi connectivity index (χ0) is 16.4. The number of aromatic nitrogens is 2. The van der Waals surface area contributed by atoms with Gasteiger partial charge < -0.3 is 10.6 Å². The first-order valence-electron chi connectivity index (χ1n) is 8.51. The van der Waals surface area contributed by atoms with Crippen LogP contribution < -0.4 is 10.6 Å². The summed E-state index contributed by atoms with van der Waals surface area (Å²) in [5.74, 6) is 0. The van der Waals surface area contributed by atoms with Crippen LogP contribution in [0.2, 0.25) is 0 Å². The van der Waals surface area contributed by atoms with Crippen LogP contribution >= 0.6 is 0 Å². The first-order chi connectivity index (χ1) is 11.8. The highest BCUT2D eigenvalue weighted by Gasteiger charge is 2.17. The maximum atomic E-state index is 12.4. The molecule has 0 atom stereocenters. The van der Waals surface area contributed by atoms with Crippen molar-refractivity contribution in [2.45, 2.75) is 38.1 Å². The van der Waals surface area contributed by atoms with Crippen molar-refractivity contribution in [3.8, 4) is 0 Å². The summed E-state index contributed by atoms with van der Waals surface area (Å²) in [5.41, 5.74) is 2.34. The Morgan fingerprint density at radius 2 is 1.75 bits per heavy atom. The van der Waals surface area contributed by atoms with Gasteiger partial charge in [-0.2, -0.15) is 0 Å². The average Bonchev–Trinajstić information content (AvgIpc) is 2.63. The fraction of sp³-hybridized carbons (Fsp3) is 0.316. The quantitative estimate of drug-likeness (QED) is 0.694. The maximum absolute atomic E-state index is 12.4. The molecular weight excluding hydrogens is 300 g/mol. The minimum Gasteiger partial charge on any atom is -0.335 e. The lowest BCUT2D eigenvalue weighted by atomic mass is 9.96. The lowest BCUT2D eigenvalue weighted by Gasteiger charge is -2.23. The Morgan fingerprint density at radius 3 is 2.58 bits per heavy atom. The SMILES string of the molecule is O=C(Nc1cc2ncccc2c2cccnc12)NC1CCCCC1. The van der Waals surface area contributed by atoms with Crippen LogP contribution in [0.5, 0.6) is 0 Å². The van der Waals surface area contributed by atoms with Gasteiger partial charge in [0.15, 0.2) is 0 Å². The number of hydrogen-bond donors (Lipinski definition) is 2. The molecular formula is C19H20N4O. The molecule has 1 aromatic carbocycles. The molecule has 1 saturated carbocycles. The van der Waals surface area contributed by atoms with Crippen molar-refractivity contribution >= 4 is 33.5 Å². The average molecular weight is 320 g/mol. The van der Waals surface area contributed by atoms with Crippen LogP contribution in [-0.4, -0.2) is 22.0 Å². The summed E-state index contributed by atoms with van der Waals surface area (Å²) in [5, 5.41) is 8.09. The van der Waals surface area contributed by atoms with Crippen LogP contribution in [0.3, 0.4) is 0 Å². The molecule has 0 unspecified atom stereocenters. The Hall–Kier alpha value is -2.69.